The summed E-state index contributed by atoms with van der Waals surface area (Å²) < 4.78 is 0. The van der Waals surface area contributed by atoms with Crippen molar-refractivity contribution >= 4 is 11.9 Å². The largest absolute Gasteiger partial charge is 0.354 e. The summed E-state index contributed by atoms with van der Waals surface area (Å²) in [6, 6.07) is 3.85. The highest BCUT2D eigenvalue weighted by Gasteiger charge is 2.41. The van der Waals surface area contributed by atoms with Gasteiger partial charge in [0.25, 0.3) is 0 Å². The van der Waals surface area contributed by atoms with Gasteiger partial charge in [0, 0.05) is 18.8 Å². The molecule has 3 rings (SSSR count). The van der Waals surface area contributed by atoms with Crippen molar-refractivity contribution < 1.29 is 4.79 Å². The summed E-state index contributed by atoms with van der Waals surface area (Å²) in [6.45, 7) is 3.33. The number of carbonyl (C=O) groups is 1. The Morgan fingerprint density at radius 1 is 1.53 bits per heavy atom. The molecule has 2 aliphatic heterocycles. The maximum atomic E-state index is 11.7. The molecule has 0 spiro atoms. The van der Waals surface area contributed by atoms with E-state index in [1.54, 1.807) is 6.07 Å². The molecule has 6 nitrogen and oxygen atoms in total. The zero-order valence-electron chi connectivity index (χ0n) is 10.8. The molecular weight excluding hydrogens is 242 g/mol. The lowest BCUT2D eigenvalue weighted by Gasteiger charge is -2.35. The zero-order valence-corrected chi connectivity index (χ0v) is 10.8. The summed E-state index contributed by atoms with van der Waals surface area (Å²) in [6.07, 6.45) is 1.87. The Morgan fingerprint density at radius 3 is 3.16 bits per heavy atom. The summed E-state index contributed by atoms with van der Waals surface area (Å²) in [7, 11) is 0. The summed E-state index contributed by atoms with van der Waals surface area (Å²) in [5.41, 5.74) is 1.16. The van der Waals surface area contributed by atoms with Crippen molar-refractivity contribution in [3.8, 4) is 6.07 Å². The van der Waals surface area contributed by atoms with E-state index in [0.29, 0.717) is 18.2 Å². The number of nitriles is 1. The fourth-order valence-corrected chi connectivity index (χ4v) is 2.94. The fourth-order valence-electron chi connectivity index (χ4n) is 2.94. The van der Waals surface area contributed by atoms with Crippen LogP contribution in [0.5, 0.6) is 0 Å². The van der Waals surface area contributed by atoms with Gasteiger partial charge in [-0.2, -0.15) is 5.26 Å². The van der Waals surface area contributed by atoms with Gasteiger partial charge in [0.1, 0.15) is 11.8 Å². The van der Waals surface area contributed by atoms with E-state index in [9.17, 15) is 4.79 Å². The van der Waals surface area contributed by atoms with Crippen LogP contribution in [0.15, 0.2) is 6.07 Å². The minimum atomic E-state index is 0.0309. The van der Waals surface area contributed by atoms with E-state index < -0.39 is 0 Å². The third-order valence-corrected chi connectivity index (χ3v) is 3.81. The third kappa shape index (κ3) is 2.01. The third-order valence-electron chi connectivity index (χ3n) is 3.81. The number of anilines is 1. The number of nitrogens with zero attached hydrogens (tertiary/aromatic N) is 4. The monoisotopic (exact) mass is 257 g/mol. The van der Waals surface area contributed by atoms with E-state index in [-0.39, 0.29) is 17.9 Å². The van der Waals surface area contributed by atoms with Gasteiger partial charge in [-0.1, -0.05) is 0 Å². The SMILES string of the molecule is Cc1cc(C#N)nc(N2CCCC3C(=O)NCC32)n1. The molecule has 2 unspecified atom stereocenters. The number of carbonyl (C=O) groups excluding carboxylic acids is 1. The smallest absolute Gasteiger partial charge is 0.227 e. The number of piperidine rings is 1. The van der Waals surface area contributed by atoms with E-state index in [2.05, 4.69) is 26.3 Å². The molecule has 6 heteroatoms. The molecule has 1 aromatic rings. The lowest BCUT2D eigenvalue weighted by molar-refractivity contribution is -0.123. The number of aryl methyl sites for hydroxylation is 1. The van der Waals surface area contributed by atoms with Crippen molar-refractivity contribution in [3.05, 3.63) is 17.5 Å². The van der Waals surface area contributed by atoms with Crippen LogP contribution in [0.2, 0.25) is 0 Å². The highest BCUT2D eigenvalue weighted by atomic mass is 16.2. The van der Waals surface area contributed by atoms with Gasteiger partial charge in [-0.15, -0.1) is 0 Å². The number of aromatic nitrogens is 2. The number of nitrogens with one attached hydrogen (secondary N) is 1. The summed E-state index contributed by atoms with van der Waals surface area (Å²) in [5.74, 6) is 0.731. The van der Waals surface area contributed by atoms with Gasteiger partial charge in [-0.05, 0) is 25.8 Å². The number of amides is 1. The van der Waals surface area contributed by atoms with E-state index in [4.69, 9.17) is 5.26 Å². The molecule has 1 aromatic heterocycles. The molecule has 0 saturated carbocycles. The maximum Gasteiger partial charge on any atom is 0.227 e. The van der Waals surface area contributed by atoms with Crippen LogP contribution in [0.4, 0.5) is 5.95 Å². The van der Waals surface area contributed by atoms with Gasteiger partial charge in [0.2, 0.25) is 11.9 Å². The van der Waals surface area contributed by atoms with Crippen LogP contribution < -0.4 is 10.2 Å². The van der Waals surface area contributed by atoms with Gasteiger partial charge in [0.05, 0.1) is 12.0 Å². The molecule has 0 aliphatic carbocycles. The molecule has 2 fully saturated rings. The first-order valence-corrected chi connectivity index (χ1v) is 6.49. The Kier molecular flexibility index (Phi) is 2.82. The quantitative estimate of drug-likeness (QED) is 0.786. The van der Waals surface area contributed by atoms with Crippen LogP contribution in [0, 0.1) is 24.2 Å². The Labute approximate surface area is 111 Å². The molecule has 1 amide bonds. The summed E-state index contributed by atoms with van der Waals surface area (Å²) in [4.78, 5) is 22.5. The van der Waals surface area contributed by atoms with Gasteiger partial charge < -0.3 is 10.2 Å². The van der Waals surface area contributed by atoms with Gasteiger partial charge in [0.15, 0.2) is 0 Å². The molecule has 2 aliphatic rings. The average molecular weight is 257 g/mol. The van der Waals surface area contributed by atoms with Crippen LogP contribution in [0.3, 0.4) is 0 Å². The Bertz CT molecular complexity index is 565. The fraction of sp³-hybridized carbons (Fsp3) is 0.538. The Balaban J connectivity index is 1.95. The van der Waals surface area contributed by atoms with Crippen molar-refractivity contribution in [1.82, 2.24) is 15.3 Å². The number of hydrogen-bond donors (Lipinski definition) is 1. The predicted molar refractivity (Wildman–Crippen MR) is 68.4 cm³/mol. The maximum absolute atomic E-state index is 11.7. The number of rotatable bonds is 1. The number of fused-ring (bicyclic) bond motifs is 1. The van der Waals surface area contributed by atoms with E-state index in [0.717, 1.165) is 25.1 Å². The first-order chi connectivity index (χ1) is 9.19. The zero-order chi connectivity index (χ0) is 13.4. The standard InChI is InChI=1S/C13H15N5O/c1-8-5-9(6-14)17-13(16-8)18-4-2-3-10-11(18)7-15-12(10)19/h5,10-11H,2-4,7H2,1H3,(H,15,19). The highest BCUT2D eigenvalue weighted by molar-refractivity contribution is 5.82. The van der Waals surface area contributed by atoms with Crippen LogP contribution in [-0.4, -0.2) is 35.0 Å². The lowest BCUT2D eigenvalue weighted by atomic mass is 9.92. The molecule has 3 heterocycles. The molecule has 2 atom stereocenters. The summed E-state index contributed by atoms with van der Waals surface area (Å²) >= 11 is 0. The topological polar surface area (TPSA) is 81.9 Å². The molecule has 1 N–H and O–H groups in total. The van der Waals surface area contributed by atoms with Crippen molar-refractivity contribution in [3.63, 3.8) is 0 Å². The van der Waals surface area contributed by atoms with Gasteiger partial charge in [-0.3, -0.25) is 4.79 Å². The van der Waals surface area contributed by atoms with Crippen LogP contribution in [0.25, 0.3) is 0 Å². The average Bonchev–Trinajstić information content (AvgIpc) is 2.80. The Morgan fingerprint density at radius 2 is 2.37 bits per heavy atom. The highest BCUT2D eigenvalue weighted by Crippen LogP contribution is 2.29. The first kappa shape index (κ1) is 11.9. The first-order valence-electron chi connectivity index (χ1n) is 6.49. The molecule has 2 saturated heterocycles. The van der Waals surface area contributed by atoms with Crippen LogP contribution in [0.1, 0.15) is 24.2 Å². The minimum Gasteiger partial charge on any atom is -0.354 e. The van der Waals surface area contributed by atoms with Crippen molar-refractivity contribution in [2.24, 2.45) is 5.92 Å². The second kappa shape index (κ2) is 4.50. The lowest BCUT2D eigenvalue weighted by Crippen LogP contribution is -2.46. The molecule has 0 bridgehead atoms. The van der Waals surface area contributed by atoms with E-state index in [1.165, 1.54) is 0 Å². The molecule has 19 heavy (non-hydrogen) atoms. The molecule has 0 radical (unpaired) electrons. The van der Waals surface area contributed by atoms with Crippen molar-refractivity contribution in [2.75, 3.05) is 18.0 Å². The second-order valence-corrected chi connectivity index (χ2v) is 5.06. The molecule has 98 valence electrons. The van der Waals surface area contributed by atoms with Crippen molar-refractivity contribution in [2.45, 2.75) is 25.8 Å². The Hall–Kier alpha value is -2.16. The van der Waals surface area contributed by atoms with Crippen LogP contribution >= 0.6 is 0 Å². The number of hydrogen-bond acceptors (Lipinski definition) is 5. The van der Waals surface area contributed by atoms with Crippen molar-refractivity contribution in [1.29, 1.82) is 5.26 Å². The predicted octanol–water partition coefficient (Wildman–Crippen LogP) is 0.371. The molecule has 0 aromatic carbocycles. The van der Waals surface area contributed by atoms with Gasteiger partial charge >= 0.3 is 0 Å². The van der Waals surface area contributed by atoms with E-state index in [1.807, 2.05) is 6.92 Å². The minimum absolute atomic E-state index is 0.0309. The summed E-state index contributed by atoms with van der Waals surface area (Å²) in [5, 5.41) is 11.9. The van der Waals surface area contributed by atoms with Gasteiger partial charge in [-0.25, -0.2) is 9.97 Å². The van der Waals surface area contributed by atoms with Crippen LogP contribution in [-0.2, 0) is 4.79 Å². The van der Waals surface area contributed by atoms with E-state index >= 15 is 0 Å². The second-order valence-electron chi connectivity index (χ2n) is 5.06. The normalized spacial score (nSPS) is 25.7. The molecular formula is C13H15N5O.